The molecule has 0 aromatic carbocycles. The zero-order valence-corrected chi connectivity index (χ0v) is 12.9. The lowest BCUT2D eigenvalue weighted by Crippen LogP contribution is -2.34. The van der Waals surface area contributed by atoms with Crippen LogP contribution in [0.15, 0.2) is 23.6 Å². The van der Waals surface area contributed by atoms with Crippen molar-refractivity contribution in [3.8, 4) is 0 Å². The van der Waals surface area contributed by atoms with Gasteiger partial charge in [-0.25, -0.2) is 9.50 Å². The van der Waals surface area contributed by atoms with Crippen LogP contribution in [-0.2, 0) is 0 Å². The van der Waals surface area contributed by atoms with Gasteiger partial charge in [-0.1, -0.05) is 19.0 Å². The second-order valence-electron chi connectivity index (χ2n) is 5.56. The Balaban J connectivity index is 2.36. The second kappa shape index (κ2) is 5.99. The maximum Gasteiger partial charge on any atom is 0.154 e. The van der Waals surface area contributed by atoms with Crippen LogP contribution in [0.3, 0.4) is 0 Å². The minimum atomic E-state index is 0.0528. The molecule has 0 spiro atoms. The number of nitrogens with two attached hydrogens (primary N) is 1. The first-order valence-corrected chi connectivity index (χ1v) is 6.97. The van der Waals surface area contributed by atoms with E-state index < -0.39 is 0 Å². The van der Waals surface area contributed by atoms with E-state index in [1.54, 1.807) is 6.20 Å². The van der Waals surface area contributed by atoms with Crippen LogP contribution >= 0.6 is 0 Å². The average Bonchev–Trinajstić information content (AvgIpc) is 2.90. The SMILES string of the molecule is CC(C)c1cc2c(N(C)C(C)C/C(N)=N/O)nccn2n1. The summed E-state index contributed by atoms with van der Waals surface area (Å²) in [7, 11) is 1.94. The van der Waals surface area contributed by atoms with E-state index in [-0.39, 0.29) is 11.9 Å². The highest BCUT2D eigenvalue weighted by Gasteiger charge is 2.17. The van der Waals surface area contributed by atoms with E-state index in [0.29, 0.717) is 12.3 Å². The Bertz CT molecular complexity index is 648. The highest BCUT2D eigenvalue weighted by Crippen LogP contribution is 2.23. The first-order chi connectivity index (χ1) is 9.93. The lowest BCUT2D eigenvalue weighted by molar-refractivity contribution is 0.316. The molecule has 2 aromatic heterocycles. The van der Waals surface area contributed by atoms with Crippen LogP contribution in [0, 0.1) is 0 Å². The van der Waals surface area contributed by atoms with Crippen molar-refractivity contribution in [2.24, 2.45) is 10.9 Å². The third-order valence-electron chi connectivity index (χ3n) is 3.61. The normalized spacial score (nSPS) is 13.9. The molecule has 0 aliphatic heterocycles. The van der Waals surface area contributed by atoms with Gasteiger partial charge < -0.3 is 15.8 Å². The first-order valence-electron chi connectivity index (χ1n) is 6.97. The maximum absolute atomic E-state index is 8.69. The van der Waals surface area contributed by atoms with Gasteiger partial charge in [-0.2, -0.15) is 5.10 Å². The van der Waals surface area contributed by atoms with Crippen LogP contribution in [0.25, 0.3) is 5.52 Å². The van der Waals surface area contributed by atoms with Crippen molar-refractivity contribution < 1.29 is 5.21 Å². The number of aromatic nitrogens is 3. The molecule has 2 rings (SSSR count). The fourth-order valence-electron chi connectivity index (χ4n) is 2.17. The van der Waals surface area contributed by atoms with E-state index in [1.807, 2.05) is 29.6 Å². The molecule has 0 saturated heterocycles. The summed E-state index contributed by atoms with van der Waals surface area (Å²) in [6, 6.07) is 2.11. The van der Waals surface area contributed by atoms with Crippen LogP contribution in [0.1, 0.15) is 38.8 Å². The van der Waals surface area contributed by atoms with Crippen LogP contribution in [-0.4, -0.2) is 38.7 Å². The first kappa shape index (κ1) is 15.1. The Labute approximate surface area is 124 Å². The molecule has 0 radical (unpaired) electrons. The van der Waals surface area contributed by atoms with E-state index in [1.165, 1.54) is 0 Å². The molecular weight excluding hydrogens is 268 g/mol. The summed E-state index contributed by atoms with van der Waals surface area (Å²) in [5.74, 6) is 1.39. The summed E-state index contributed by atoms with van der Waals surface area (Å²) in [6.07, 6.45) is 4.03. The summed E-state index contributed by atoms with van der Waals surface area (Å²) in [4.78, 5) is 6.47. The number of amidine groups is 1. The number of hydrogen-bond acceptors (Lipinski definition) is 5. The van der Waals surface area contributed by atoms with Gasteiger partial charge in [0.15, 0.2) is 5.82 Å². The van der Waals surface area contributed by atoms with Crippen molar-refractivity contribution in [3.05, 3.63) is 24.2 Å². The molecule has 7 nitrogen and oxygen atoms in total. The van der Waals surface area contributed by atoms with Crippen molar-refractivity contribution in [2.75, 3.05) is 11.9 Å². The van der Waals surface area contributed by atoms with Gasteiger partial charge in [-0.3, -0.25) is 0 Å². The molecule has 1 unspecified atom stereocenters. The fourth-order valence-corrected chi connectivity index (χ4v) is 2.17. The van der Waals surface area contributed by atoms with Crippen molar-refractivity contribution in [1.82, 2.24) is 14.6 Å². The van der Waals surface area contributed by atoms with E-state index >= 15 is 0 Å². The minimum absolute atomic E-state index is 0.0528. The van der Waals surface area contributed by atoms with Crippen LogP contribution in [0.5, 0.6) is 0 Å². The number of nitrogens with zero attached hydrogens (tertiary/aromatic N) is 5. The van der Waals surface area contributed by atoms with Gasteiger partial charge in [0, 0.05) is 31.9 Å². The molecule has 3 N–H and O–H groups in total. The van der Waals surface area contributed by atoms with E-state index in [9.17, 15) is 0 Å². The standard InChI is InChI=1S/C14H22N6O/c1-9(2)11-8-12-14(16-5-6-20(12)17-11)19(4)10(3)7-13(15)18-21/h5-6,8-10,21H,7H2,1-4H3,(H2,15,18). The van der Waals surface area contributed by atoms with Gasteiger partial charge in [-0.05, 0) is 18.9 Å². The molecule has 0 amide bonds. The van der Waals surface area contributed by atoms with Crippen LogP contribution in [0.2, 0.25) is 0 Å². The number of oxime groups is 1. The Morgan fingerprint density at radius 1 is 1.48 bits per heavy atom. The van der Waals surface area contributed by atoms with Crippen molar-refractivity contribution in [2.45, 2.75) is 39.2 Å². The van der Waals surface area contributed by atoms with Gasteiger partial charge >= 0.3 is 0 Å². The van der Waals surface area contributed by atoms with E-state index in [4.69, 9.17) is 10.9 Å². The highest BCUT2D eigenvalue weighted by atomic mass is 16.4. The molecule has 114 valence electrons. The predicted molar refractivity (Wildman–Crippen MR) is 83.0 cm³/mol. The smallest absolute Gasteiger partial charge is 0.154 e. The largest absolute Gasteiger partial charge is 0.409 e. The Morgan fingerprint density at radius 3 is 2.81 bits per heavy atom. The monoisotopic (exact) mass is 290 g/mol. The highest BCUT2D eigenvalue weighted by molar-refractivity contribution is 5.81. The van der Waals surface area contributed by atoms with Crippen LogP contribution < -0.4 is 10.6 Å². The second-order valence-corrected chi connectivity index (χ2v) is 5.56. The number of rotatable bonds is 5. The number of hydrogen-bond donors (Lipinski definition) is 2. The van der Waals surface area contributed by atoms with Crippen LogP contribution in [0.4, 0.5) is 5.82 Å². The molecule has 0 aliphatic carbocycles. The Kier molecular flexibility index (Phi) is 4.30. The predicted octanol–water partition coefficient (Wildman–Crippen LogP) is 1.81. The molecule has 0 aliphatic rings. The zero-order valence-electron chi connectivity index (χ0n) is 12.9. The average molecular weight is 290 g/mol. The molecule has 7 heteroatoms. The third kappa shape index (κ3) is 3.07. The Hall–Kier alpha value is -2.31. The topological polar surface area (TPSA) is 92.0 Å². The van der Waals surface area contributed by atoms with Crippen molar-refractivity contribution in [1.29, 1.82) is 0 Å². The molecular formula is C14H22N6O. The van der Waals surface area contributed by atoms with Gasteiger partial charge in [0.25, 0.3) is 0 Å². The van der Waals surface area contributed by atoms with Crippen molar-refractivity contribution >= 4 is 17.2 Å². The minimum Gasteiger partial charge on any atom is -0.409 e. The lowest BCUT2D eigenvalue weighted by atomic mass is 10.1. The van der Waals surface area contributed by atoms with E-state index in [0.717, 1.165) is 17.0 Å². The summed E-state index contributed by atoms with van der Waals surface area (Å²) >= 11 is 0. The van der Waals surface area contributed by atoms with E-state index in [2.05, 4.69) is 35.2 Å². The van der Waals surface area contributed by atoms with Crippen molar-refractivity contribution in [3.63, 3.8) is 0 Å². The molecule has 2 heterocycles. The third-order valence-corrected chi connectivity index (χ3v) is 3.61. The molecule has 1 atom stereocenters. The lowest BCUT2D eigenvalue weighted by Gasteiger charge is -2.25. The molecule has 21 heavy (non-hydrogen) atoms. The molecule has 0 bridgehead atoms. The summed E-state index contributed by atoms with van der Waals surface area (Å²) in [5, 5.41) is 16.3. The summed E-state index contributed by atoms with van der Waals surface area (Å²) < 4.78 is 1.84. The van der Waals surface area contributed by atoms with Gasteiger partial charge in [-0.15, -0.1) is 0 Å². The van der Waals surface area contributed by atoms with Gasteiger partial charge in [0.2, 0.25) is 0 Å². The maximum atomic E-state index is 8.69. The number of fused-ring (bicyclic) bond motifs is 1. The zero-order chi connectivity index (χ0) is 15.6. The molecule has 2 aromatic rings. The number of anilines is 1. The van der Waals surface area contributed by atoms with Gasteiger partial charge in [0.1, 0.15) is 11.4 Å². The molecule has 0 fully saturated rings. The van der Waals surface area contributed by atoms with Gasteiger partial charge in [0.05, 0.1) is 5.69 Å². The quantitative estimate of drug-likeness (QED) is 0.379. The Morgan fingerprint density at radius 2 is 2.19 bits per heavy atom. The summed E-state index contributed by atoms with van der Waals surface area (Å²) in [5.41, 5.74) is 7.56. The molecule has 0 saturated carbocycles. The fraction of sp³-hybridized carbons (Fsp3) is 0.500. The summed E-state index contributed by atoms with van der Waals surface area (Å²) in [6.45, 7) is 6.22.